The molecule has 182 valence electrons. The number of carbonyl (C=O) groups excluding carboxylic acids is 2. The number of ketones is 2. The molecule has 9 aliphatic carbocycles. The molecule has 0 aromatic carbocycles. The van der Waals surface area contributed by atoms with E-state index in [0.717, 1.165) is 17.6 Å². The van der Waals surface area contributed by atoms with Crippen molar-refractivity contribution in [1.82, 2.24) is 0 Å². The first-order valence-corrected chi connectivity index (χ1v) is 13.8. The molecule has 0 N–H and O–H groups in total. The van der Waals surface area contributed by atoms with Crippen LogP contribution in [-0.2, 0) is 9.59 Å². The molecule has 6 unspecified atom stereocenters. The lowest BCUT2D eigenvalue weighted by Gasteiger charge is -2.63. The monoisotopic (exact) mass is 490 g/mol. The van der Waals surface area contributed by atoms with Crippen LogP contribution in [0.3, 0.4) is 0 Å². The molecule has 0 radical (unpaired) electrons. The van der Waals surface area contributed by atoms with Crippen molar-refractivity contribution in [2.24, 2.45) is 34.5 Å². The topological polar surface area (TPSA) is 34.1 Å². The van der Waals surface area contributed by atoms with E-state index in [1.54, 1.807) is 12.2 Å². The fourth-order valence-corrected chi connectivity index (χ4v) is 9.26. The minimum Gasteiger partial charge on any atom is -0.295 e. The Morgan fingerprint density at radius 1 is 0.763 bits per heavy atom. The zero-order valence-electron chi connectivity index (χ0n) is 20.9. The van der Waals surface area contributed by atoms with Crippen LogP contribution in [0, 0.1) is 34.5 Å². The number of hydrogen-bond donors (Lipinski definition) is 0. The van der Waals surface area contributed by atoms with Crippen molar-refractivity contribution in [2.45, 2.75) is 12.8 Å². The van der Waals surface area contributed by atoms with Gasteiger partial charge in [-0.15, -0.1) is 0 Å². The van der Waals surface area contributed by atoms with E-state index in [-0.39, 0.29) is 35.2 Å². The first-order chi connectivity index (χ1) is 18.6. The summed E-state index contributed by atoms with van der Waals surface area (Å²) >= 11 is 0. The van der Waals surface area contributed by atoms with Gasteiger partial charge in [-0.3, -0.25) is 9.59 Å². The molecule has 0 fully saturated rings. The lowest BCUT2D eigenvalue weighted by Crippen LogP contribution is -2.59. The van der Waals surface area contributed by atoms with Gasteiger partial charge in [0.2, 0.25) is 0 Å². The highest BCUT2D eigenvalue weighted by Gasteiger charge is 2.68. The smallest absolute Gasteiger partial charge is 0.171 e. The Kier molecular flexibility index (Phi) is 3.79. The van der Waals surface area contributed by atoms with Crippen LogP contribution in [0.4, 0.5) is 0 Å². The van der Waals surface area contributed by atoms with Crippen molar-refractivity contribution in [2.75, 3.05) is 0 Å². The molecular formula is C36H26O2. The van der Waals surface area contributed by atoms with Gasteiger partial charge in [0.1, 0.15) is 0 Å². The molecular weight excluding hydrogens is 464 g/mol. The van der Waals surface area contributed by atoms with Crippen LogP contribution >= 0.6 is 0 Å². The van der Waals surface area contributed by atoms with E-state index in [4.69, 9.17) is 0 Å². The molecule has 0 saturated carbocycles. The summed E-state index contributed by atoms with van der Waals surface area (Å²) in [6.07, 6.45) is 40.2. The van der Waals surface area contributed by atoms with Gasteiger partial charge in [-0.05, 0) is 63.2 Å². The standard InChI is InChI=1S/C36H26O2/c37-27-17-16-25-14-12-23-18-22-7-2-4-10-29(22)34-31(23)35(25,20-27)33-28-9-3-1-6-21(28)19-24-13-15-26-8-5-11-30(38)36(26,34)32(24)33/h1-11,13-19,21,28-29,34H,12,20H2. The van der Waals surface area contributed by atoms with E-state index in [1.165, 1.54) is 33.4 Å². The third-order valence-corrected chi connectivity index (χ3v) is 10.4. The van der Waals surface area contributed by atoms with Crippen molar-refractivity contribution in [3.63, 3.8) is 0 Å². The number of fused-ring (bicyclic) bond motifs is 4. The molecule has 38 heavy (non-hydrogen) atoms. The SMILES string of the molecule is O=C1C=CC2=CCC3=C4C(C5C=CC=CC5=C3)C35C(=O)C=CC=C3C=CC3=CC6C=CC=CC6C(=C35)C24C1. The Morgan fingerprint density at radius 2 is 1.61 bits per heavy atom. The molecule has 0 bridgehead atoms. The second-order valence-corrected chi connectivity index (χ2v) is 11.8. The Bertz CT molecular complexity index is 1710. The van der Waals surface area contributed by atoms with E-state index < -0.39 is 10.8 Å². The van der Waals surface area contributed by atoms with Crippen LogP contribution in [0.1, 0.15) is 12.8 Å². The summed E-state index contributed by atoms with van der Waals surface area (Å²) in [5, 5.41) is 0. The summed E-state index contributed by atoms with van der Waals surface area (Å²) in [4.78, 5) is 28.1. The molecule has 9 aliphatic rings. The molecule has 0 aromatic heterocycles. The van der Waals surface area contributed by atoms with Crippen LogP contribution in [0.5, 0.6) is 0 Å². The van der Waals surface area contributed by atoms with Gasteiger partial charge in [0.15, 0.2) is 11.6 Å². The molecule has 0 aliphatic heterocycles. The van der Waals surface area contributed by atoms with Crippen LogP contribution in [0.2, 0.25) is 0 Å². The van der Waals surface area contributed by atoms with Crippen molar-refractivity contribution < 1.29 is 9.59 Å². The maximum atomic E-state index is 14.6. The first-order valence-electron chi connectivity index (χ1n) is 13.8. The molecule has 2 nitrogen and oxygen atoms in total. The van der Waals surface area contributed by atoms with Gasteiger partial charge in [0, 0.05) is 35.5 Å². The minimum atomic E-state index is -0.789. The highest BCUT2D eigenvalue weighted by Crippen LogP contribution is 2.73. The van der Waals surface area contributed by atoms with Gasteiger partial charge in [-0.25, -0.2) is 0 Å². The molecule has 2 spiro atoms. The second-order valence-electron chi connectivity index (χ2n) is 11.8. The minimum absolute atomic E-state index is 0.0721. The molecule has 0 amide bonds. The number of allylic oxidation sites excluding steroid dienone is 26. The summed E-state index contributed by atoms with van der Waals surface area (Å²) in [6.45, 7) is 0. The van der Waals surface area contributed by atoms with Gasteiger partial charge >= 0.3 is 0 Å². The Hall–Kier alpha value is -4.04. The summed E-state index contributed by atoms with van der Waals surface area (Å²) in [7, 11) is 0. The molecule has 0 saturated heterocycles. The number of rotatable bonds is 0. The zero-order valence-corrected chi connectivity index (χ0v) is 20.9. The average Bonchev–Trinajstić information content (AvgIpc) is 2.94. The van der Waals surface area contributed by atoms with Crippen LogP contribution in [0.25, 0.3) is 0 Å². The van der Waals surface area contributed by atoms with Crippen LogP contribution in [0.15, 0.2) is 154 Å². The van der Waals surface area contributed by atoms with Crippen molar-refractivity contribution in [3.05, 3.63) is 154 Å². The van der Waals surface area contributed by atoms with E-state index in [9.17, 15) is 9.59 Å². The zero-order chi connectivity index (χ0) is 25.2. The Balaban J connectivity index is 1.50. The predicted octanol–water partition coefficient (Wildman–Crippen LogP) is 6.66. The maximum absolute atomic E-state index is 14.6. The summed E-state index contributed by atoms with van der Waals surface area (Å²) < 4.78 is 0. The summed E-state index contributed by atoms with van der Waals surface area (Å²) in [6, 6.07) is 0. The fourth-order valence-electron chi connectivity index (χ4n) is 9.26. The second kappa shape index (κ2) is 6.88. The highest BCUT2D eigenvalue weighted by molar-refractivity contribution is 6.06. The Morgan fingerprint density at radius 3 is 2.55 bits per heavy atom. The third kappa shape index (κ3) is 2.20. The van der Waals surface area contributed by atoms with Crippen LogP contribution in [-0.4, -0.2) is 11.6 Å². The van der Waals surface area contributed by atoms with Gasteiger partial charge < -0.3 is 0 Å². The Labute approximate surface area is 222 Å². The quantitative estimate of drug-likeness (QED) is 0.381. The number of carbonyl (C=O) groups is 2. The average molecular weight is 491 g/mol. The van der Waals surface area contributed by atoms with E-state index in [2.05, 4.69) is 91.1 Å². The highest BCUT2D eigenvalue weighted by atomic mass is 16.1. The summed E-state index contributed by atoms with van der Waals surface area (Å²) in [5.41, 5.74) is 8.56. The lowest BCUT2D eigenvalue weighted by molar-refractivity contribution is -0.123. The molecule has 6 atom stereocenters. The molecule has 0 heterocycles. The van der Waals surface area contributed by atoms with Gasteiger partial charge in [-0.1, -0.05) is 97.2 Å². The van der Waals surface area contributed by atoms with E-state index in [0.29, 0.717) is 6.42 Å². The first kappa shape index (κ1) is 21.0. The normalized spacial score (nSPS) is 39.9. The lowest BCUT2D eigenvalue weighted by atomic mass is 9.37. The summed E-state index contributed by atoms with van der Waals surface area (Å²) in [5.74, 6) is 0.684. The van der Waals surface area contributed by atoms with E-state index in [1.807, 2.05) is 6.08 Å². The van der Waals surface area contributed by atoms with Crippen molar-refractivity contribution >= 4 is 11.6 Å². The maximum Gasteiger partial charge on any atom is 0.171 e. The van der Waals surface area contributed by atoms with Gasteiger partial charge in [-0.2, -0.15) is 0 Å². The number of hydrogen-bond acceptors (Lipinski definition) is 2. The largest absolute Gasteiger partial charge is 0.295 e. The van der Waals surface area contributed by atoms with Gasteiger partial charge in [0.05, 0.1) is 5.41 Å². The molecule has 9 rings (SSSR count). The molecule has 2 heteroatoms. The van der Waals surface area contributed by atoms with Crippen molar-refractivity contribution in [1.29, 1.82) is 0 Å². The fraction of sp³-hybridized carbons (Fsp3) is 0.222. The van der Waals surface area contributed by atoms with E-state index >= 15 is 0 Å². The van der Waals surface area contributed by atoms with Gasteiger partial charge in [0.25, 0.3) is 0 Å². The molecule has 0 aromatic rings. The van der Waals surface area contributed by atoms with Crippen LogP contribution < -0.4 is 0 Å². The third-order valence-electron chi connectivity index (χ3n) is 10.4. The predicted molar refractivity (Wildman–Crippen MR) is 148 cm³/mol. The van der Waals surface area contributed by atoms with Crippen molar-refractivity contribution in [3.8, 4) is 0 Å².